The zero-order chi connectivity index (χ0) is 11.7. The highest BCUT2D eigenvalue weighted by atomic mass is 79.9. The minimum Gasteiger partial charge on any atom is -0.199 e. The van der Waals surface area contributed by atoms with Crippen molar-refractivity contribution in [2.24, 2.45) is 0 Å². The maximum atomic E-state index is 12.7. The van der Waals surface area contributed by atoms with Gasteiger partial charge >= 0.3 is 12.2 Å². The minimum absolute atomic E-state index is 0.0750. The average molecular weight is 354 g/mol. The van der Waals surface area contributed by atoms with Gasteiger partial charge in [0, 0.05) is 0 Å². The highest BCUT2D eigenvalue weighted by molar-refractivity contribution is 9.11. The summed E-state index contributed by atoms with van der Waals surface area (Å²) in [6, 6.07) is 0. The molecule has 82 valence electrons. The largest absolute Gasteiger partial charge is 0.314 e. The Hall–Kier alpha value is -1.16. The summed E-state index contributed by atoms with van der Waals surface area (Å²) in [5.74, 6) is -0.386. The zero-order valence-electron chi connectivity index (χ0n) is 7.20. The van der Waals surface area contributed by atoms with Crippen LogP contribution in [0.2, 0.25) is 0 Å². The summed E-state index contributed by atoms with van der Waals surface area (Å²) in [5, 5.41) is 0. The molecule has 0 aromatic carbocycles. The van der Waals surface area contributed by atoms with Gasteiger partial charge in [-0.05, 0) is 31.9 Å². The van der Waals surface area contributed by atoms with Crippen LogP contribution in [0.4, 0.5) is 8.78 Å². The summed E-state index contributed by atoms with van der Waals surface area (Å²) >= 11 is 5.99. The molecule has 6 nitrogen and oxygen atoms in total. The Bertz CT molecular complexity index is 461. The normalized spacial score (nSPS) is 10.5. The minimum atomic E-state index is -1.24. The quantitative estimate of drug-likeness (QED) is 0.773. The Morgan fingerprint density at radius 2 is 1.06 bits per heavy atom. The Balaban J connectivity index is 2.57. The predicted molar refractivity (Wildman–Crippen MR) is 54.0 cm³/mol. The smallest absolute Gasteiger partial charge is 0.199 e. The maximum absolute atomic E-state index is 12.7. The highest BCUT2D eigenvalue weighted by Crippen LogP contribution is 2.14. The SMILES string of the molecule is Fc1nc(F)nc(-c2nc(Br)nc(Br)n2)n1. The van der Waals surface area contributed by atoms with Crippen LogP contribution in [-0.2, 0) is 0 Å². The molecule has 10 heteroatoms. The Labute approximate surface area is 104 Å². The molecule has 0 amide bonds. The summed E-state index contributed by atoms with van der Waals surface area (Å²) in [7, 11) is 0. The van der Waals surface area contributed by atoms with Gasteiger partial charge < -0.3 is 0 Å². The number of hydrogen-bond donors (Lipinski definition) is 0. The second kappa shape index (κ2) is 4.37. The monoisotopic (exact) mass is 352 g/mol. The van der Waals surface area contributed by atoms with Gasteiger partial charge in [0.05, 0.1) is 0 Å². The first kappa shape index (κ1) is 11.3. The summed E-state index contributed by atoms with van der Waals surface area (Å²) in [4.78, 5) is 20.6. The second-order valence-electron chi connectivity index (χ2n) is 2.39. The highest BCUT2D eigenvalue weighted by Gasteiger charge is 2.12. The molecule has 0 saturated carbocycles. The average Bonchev–Trinajstić information content (AvgIpc) is 2.14. The van der Waals surface area contributed by atoms with E-state index in [4.69, 9.17) is 0 Å². The third-order valence-electron chi connectivity index (χ3n) is 1.36. The Kier molecular flexibility index (Phi) is 3.10. The van der Waals surface area contributed by atoms with E-state index in [-0.39, 0.29) is 21.1 Å². The molecule has 0 radical (unpaired) electrons. The van der Waals surface area contributed by atoms with Gasteiger partial charge in [-0.15, -0.1) is 0 Å². The van der Waals surface area contributed by atoms with E-state index in [1.807, 2.05) is 0 Å². The molecule has 2 aromatic heterocycles. The molecule has 2 rings (SSSR count). The van der Waals surface area contributed by atoms with Crippen LogP contribution in [0.15, 0.2) is 9.47 Å². The van der Waals surface area contributed by atoms with Gasteiger partial charge in [0.1, 0.15) is 0 Å². The van der Waals surface area contributed by atoms with Crippen LogP contribution >= 0.6 is 31.9 Å². The van der Waals surface area contributed by atoms with E-state index in [9.17, 15) is 8.78 Å². The molecule has 16 heavy (non-hydrogen) atoms. The fraction of sp³-hybridized carbons (Fsp3) is 0. The first-order valence-electron chi connectivity index (χ1n) is 3.69. The van der Waals surface area contributed by atoms with Gasteiger partial charge in [0.2, 0.25) is 21.1 Å². The van der Waals surface area contributed by atoms with Crippen molar-refractivity contribution in [2.45, 2.75) is 0 Å². The standard InChI is InChI=1S/C6Br2F2N6/c7-3-11-1(12-4(8)15-3)2-13-5(9)16-6(10)14-2. The molecule has 0 bridgehead atoms. The lowest BCUT2D eigenvalue weighted by Crippen LogP contribution is -2.04. The van der Waals surface area contributed by atoms with Gasteiger partial charge in [-0.25, -0.2) is 0 Å². The van der Waals surface area contributed by atoms with Crippen molar-refractivity contribution in [3.05, 3.63) is 21.6 Å². The second-order valence-corrected chi connectivity index (χ2v) is 3.81. The zero-order valence-corrected chi connectivity index (χ0v) is 10.4. The fourth-order valence-electron chi connectivity index (χ4n) is 0.852. The van der Waals surface area contributed by atoms with Crippen LogP contribution in [0, 0.1) is 12.2 Å². The lowest BCUT2D eigenvalue weighted by atomic mass is 10.5. The lowest BCUT2D eigenvalue weighted by Gasteiger charge is -1.99. The first-order valence-corrected chi connectivity index (χ1v) is 5.28. The molecule has 0 N–H and O–H groups in total. The van der Waals surface area contributed by atoms with Crippen molar-refractivity contribution < 1.29 is 8.78 Å². The van der Waals surface area contributed by atoms with E-state index in [1.165, 1.54) is 0 Å². The molecule has 0 saturated heterocycles. The van der Waals surface area contributed by atoms with Crippen molar-refractivity contribution in [3.8, 4) is 11.6 Å². The van der Waals surface area contributed by atoms with Crippen molar-refractivity contribution in [3.63, 3.8) is 0 Å². The van der Waals surface area contributed by atoms with Crippen LogP contribution < -0.4 is 0 Å². The van der Waals surface area contributed by atoms with Crippen molar-refractivity contribution >= 4 is 31.9 Å². The topological polar surface area (TPSA) is 77.3 Å². The van der Waals surface area contributed by atoms with Gasteiger partial charge in [-0.3, -0.25) is 0 Å². The summed E-state index contributed by atoms with van der Waals surface area (Å²) < 4.78 is 25.8. The number of aromatic nitrogens is 6. The van der Waals surface area contributed by atoms with E-state index >= 15 is 0 Å². The van der Waals surface area contributed by atoms with Gasteiger partial charge in [-0.2, -0.15) is 38.7 Å². The molecule has 0 aliphatic carbocycles. The van der Waals surface area contributed by atoms with Crippen LogP contribution in [0.5, 0.6) is 0 Å². The molecule has 0 fully saturated rings. The van der Waals surface area contributed by atoms with E-state index in [0.29, 0.717) is 0 Å². The van der Waals surface area contributed by atoms with E-state index in [1.54, 1.807) is 0 Å². The van der Waals surface area contributed by atoms with Crippen molar-refractivity contribution in [2.75, 3.05) is 0 Å². The number of hydrogen-bond acceptors (Lipinski definition) is 6. The predicted octanol–water partition coefficient (Wildman–Crippen LogP) is 1.53. The van der Waals surface area contributed by atoms with E-state index in [2.05, 4.69) is 61.8 Å². The van der Waals surface area contributed by atoms with Crippen LogP contribution in [0.3, 0.4) is 0 Å². The fourth-order valence-corrected chi connectivity index (χ4v) is 1.76. The van der Waals surface area contributed by atoms with Gasteiger partial charge in [-0.1, -0.05) is 0 Å². The molecule has 0 spiro atoms. The Morgan fingerprint density at radius 3 is 1.56 bits per heavy atom. The molecule has 0 atom stereocenters. The molecular weight excluding hydrogens is 354 g/mol. The number of halogens is 4. The summed E-state index contributed by atoms with van der Waals surface area (Å²) in [5.41, 5.74) is 0. The third kappa shape index (κ3) is 2.50. The molecule has 0 aliphatic heterocycles. The maximum Gasteiger partial charge on any atom is 0.314 e. The van der Waals surface area contributed by atoms with Gasteiger partial charge in [0.25, 0.3) is 0 Å². The van der Waals surface area contributed by atoms with Crippen LogP contribution in [0.1, 0.15) is 0 Å². The lowest BCUT2D eigenvalue weighted by molar-refractivity contribution is 0.456. The Morgan fingerprint density at radius 1 is 0.625 bits per heavy atom. The summed E-state index contributed by atoms with van der Waals surface area (Å²) in [6.45, 7) is 0. The molecule has 0 aliphatic rings. The number of rotatable bonds is 1. The van der Waals surface area contributed by atoms with Crippen molar-refractivity contribution in [1.82, 2.24) is 29.9 Å². The van der Waals surface area contributed by atoms with Crippen LogP contribution in [-0.4, -0.2) is 29.9 Å². The number of nitrogens with zero attached hydrogens (tertiary/aromatic N) is 6. The molecule has 2 aromatic rings. The van der Waals surface area contributed by atoms with E-state index < -0.39 is 12.2 Å². The summed E-state index contributed by atoms with van der Waals surface area (Å²) in [6.07, 6.45) is -2.48. The first-order chi connectivity index (χ1) is 7.54. The van der Waals surface area contributed by atoms with Crippen molar-refractivity contribution in [1.29, 1.82) is 0 Å². The van der Waals surface area contributed by atoms with Gasteiger partial charge in [0.15, 0.2) is 0 Å². The third-order valence-corrected chi connectivity index (χ3v) is 2.07. The molecule has 2 heterocycles. The van der Waals surface area contributed by atoms with E-state index in [0.717, 1.165) is 0 Å². The molecular formula is C6Br2F2N6. The molecule has 0 unspecified atom stereocenters. The van der Waals surface area contributed by atoms with Crippen LogP contribution in [0.25, 0.3) is 11.6 Å².